The Labute approximate surface area is 141 Å². The van der Waals surface area contributed by atoms with Crippen LogP contribution in [0.3, 0.4) is 0 Å². The number of piperidine rings is 1. The number of allylic oxidation sites excluding steroid dienone is 3. The third kappa shape index (κ3) is 3.42. The molecule has 0 saturated carbocycles. The smallest absolute Gasteiger partial charge is 0.221 e. The van der Waals surface area contributed by atoms with Gasteiger partial charge in [-0.05, 0) is 58.5 Å². The SMILES string of the molecule is CC1=CC(C)[C@@H](S(=O)(=O)N2CCC(N3CCCC3)CC2)C(C)=C1. The molecule has 0 bridgehead atoms. The summed E-state index contributed by atoms with van der Waals surface area (Å²) in [6.07, 6.45) is 8.68. The first kappa shape index (κ1) is 17.2. The fraction of sp³-hybridized carbons (Fsp3) is 0.778. The van der Waals surface area contributed by atoms with Gasteiger partial charge in [-0.2, -0.15) is 0 Å². The minimum absolute atomic E-state index is 0.0568. The first-order valence-corrected chi connectivity index (χ1v) is 10.5. The van der Waals surface area contributed by atoms with E-state index in [1.54, 1.807) is 4.31 Å². The molecule has 2 fully saturated rings. The molecular weight excluding hydrogens is 308 g/mol. The summed E-state index contributed by atoms with van der Waals surface area (Å²) in [5, 5.41) is -0.380. The summed E-state index contributed by atoms with van der Waals surface area (Å²) in [4.78, 5) is 2.56. The lowest BCUT2D eigenvalue weighted by molar-refractivity contribution is 0.167. The van der Waals surface area contributed by atoms with Crippen LogP contribution in [0.1, 0.15) is 46.5 Å². The summed E-state index contributed by atoms with van der Waals surface area (Å²) in [6.45, 7) is 9.80. The Kier molecular flexibility index (Phi) is 5.00. The Morgan fingerprint density at radius 3 is 2.22 bits per heavy atom. The lowest BCUT2D eigenvalue weighted by atomic mass is 9.92. The second-order valence-corrected chi connectivity index (χ2v) is 9.55. The minimum atomic E-state index is -3.25. The zero-order chi connectivity index (χ0) is 16.6. The molecule has 0 aromatic heterocycles. The van der Waals surface area contributed by atoms with Crippen LogP contribution in [0.15, 0.2) is 23.3 Å². The van der Waals surface area contributed by atoms with Crippen molar-refractivity contribution in [3.63, 3.8) is 0 Å². The molecule has 2 saturated heterocycles. The van der Waals surface area contributed by atoms with E-state index in [4.69, 9.17) is 0 Å². The molecule has 3 rings (SSSR count). The van der Waals surface area contributed by atoms with Gasteiger partial charge in [0, 0.05) is 19.1 Å². The fourth-order valence-corrected chi connectivity index (χ4v) is 6.84. The van der Waals surface area contributed by atoms with Crippen LogP contribution in [-0.2, 0) is 10.0 Å². The molecule has 0 amide bonds. The Morgan fingerprint density at radius 1 is 1.04 bits per heavy atom. The van der Waals surface area contributed by atoms with Crippen LogP contribution in [0.25, 0.3) is 0 Å². The van der Waals surface area contributed by atoms with E-state index >= 15 is 0 Å². The topological polar surface area (TPSA) is 40.6 Å². The number of sulfonamides is 1. The molecule has 3 aliphatic rings. The highest BCUT2D eigenvalue weighted by molar-refractivity contribution is 7.90. The monoisotopic (exact) mass is 338 g/mol. The highest BCUT2D eigenvalue weighted by Gasteiger charge is 2.39. The normalized spacial score (nSPS) is 32.0. The Bertz CT molecular complexity index is 595. The quantitative estimate of drug-likeness (QED) is 0.794. The number of hydrogen-bond donors (Lipinski definition) is 0. The van der Waals surface area contributed by atoms with E-state index in [9.17, 15) is 8.42 Å². The predicted molar refractivity (Wildman–Crippen MR) is 94.8 cm³/mol. The van der Waals surface area contributed by atoms with Gasteiger partial charge in [-0.25, -0.2) is 12.7 Å². The summed E-state index contributed by atoms with van der Waals surface area (Å²) in [7, 11) is -3.25. The van der Waals surface area contributed by atoms with Gasteiger partial charge in [0.05, 0.1) is 0 Å². The Hall–Kier alpha value is -0.650. The van der Waals surface area contributed by atoms with Crippen molar-refractivity contribution in [3.05, 3.63) is 23.3 Å². The van der Waals surface area contributed by atoms with E-state index in [2.05, 4.69) is 11.0 Å². The molecule has 1 unspecified atom stereocenters. The van der Waals surface area contributed by atoms with Crippen LogP contribution in [-0.4, -0.2) is 55.1 Å². The maximum absolute atomic E-state index is 13.1. The summed E-state index contributed by atoms with van der Waals surface area (Å²) in [5.74, 6) is 0.0568. The summed E-state index contributed by atoms with van der Waals surface area (Å²) >= 11 is 0. The highest BCUT2D eigenvalue weighted by atomic mass is 32.2. The lowest BCUT2D eigenvalue weighted by Crippen LogP contribution is -2.49. The maximum Gasteiger partial charge on any atom is 0.221 e. The van der Waals surface area contributed by atoms with Crippen molar-refractivity contribution in [1.29, 1.82) is 0 Å². The van der Waals surface area contributed by atoms with Gasteiger partial charge >= 0.3 is 0 Å². The van der Waals surface area contributed by atoms with Gasteiger partial charge in [-0.1, -0.05) is 30.2 Å². The van der Waals surface area contributed by atoms with Crippen molar-refractivity contribution in [2.24, 2.45) is 5.92 Å². The van der Waals surface area contributed by atoms with Crippen molar-refractivity contribution in [1.82, 2.24) is 9.21 Å². The van der Waals surface area contributed by atoms with Crippen LogP contribution >= 0.6 is 0 Å². The number of likely N-dealkylation sites (tertiary alicyclic amines) is 1. The fourth-order valence-electron chi connectivity index (χ4n) is 4.64. The van der Waals surface area contributed by atoms with Crippen molar-refractivity contribution < 1.29 is 8.42 Å². The van der Waals surface area contributed by atoms with Gasteiger partial charge in [0.25, 0.3) is 0 Å². The molecule has 1 aliphatic carbocycles. The second kappa shape index (κ2) is 6.69. The zero-order valence-electron chi connectivity index (χ0n) is 14.7. The van der Waals surface area contributed by atoms with Gasteiger partial charge in [-0.3, -0.25) is 0 Å². The van der Waals surface area contributed by atoms with E-state index in [1.807, 2.05) is 26.8 Å². The molecule has 0 aromatic carbocycles. The average molecular weight is 339 g/mol. The van der Waals surface area contributed by atoms with Crippen molar-refractivity contribution in [3.8, 4) is 0 Å². The molecule has 0 N–H and O–H groups in total. The van der Waals surface area contributed by atoms with Gasteiger partial charge in [-0.15, -0.1) is 0 Å². The van der Waals surface area contributed by atoms with Crippen LogP contribution < -0.4 is 0 Å². The third-order valence-electron chi connectivity index (χ3n) is 5.67. The van der Waals surface area contributed by atoms with E-state index in [0.717, 1.165) is 18.4 Å². The molecule has 0 radical (unpaired) electrons. The molecule has 2 atom stereocenters. The lowest BCUT2D eigenvalue weighted by Gasteiger charge is -2.39. The number of rotatable bonds is 3. The van der Waals surface area contributed by atoms with Crippen molar-refractivity contribution in [2.45, 2.75) is 57.7 Å². The summed E-state index contributed by atoms with van der Waals surface area (Å²) in [6, 6.07) is 0.589. The van der Waals surface area contributed by atoms with Crippen molar-refractivity contribution >= 4 is 10.0 Å². The number of nitrogens with zero attached hydrogens (tertiary/aromatic N) is 2. The molecule has 23 heavy (non-hydrogen) atoms. The molecular formula is C18H30N2O2S. The molecule has 4 nitrogen and oxygen atoms in total. The van der Waals surface area contributed by atoms with E-state index in [1.165, 1.54) is 31.5 Å². The maximum atomic E-state index is 13.1. The standard InChI is InChI=1S/C18H30N2O2S/c1-14-12-15(2)18(16(3)13-14)23(21,22)20-10-6-17(7-11-20)19-8-4-5-9-19/h12-13,15,17-18H,4-11H2,1-3H3/t15?,18-/m1/s1. The van der Waals surface area contributed by atoms with Crippen LogP contribution in [0.2, 0.25) is 0 Å². The van der Waals surface area contributed by atoms with Crippen LogP contribution in [0, 0.1) is 5.92 Å². The van der Waals surface area contributed by atoms with E-state index in [0.29, 0.717) is 19.1 Å². The molecule has 2 heterocycles. The van der Waals surface area contributed by atoms with Crippen LogP contribution in [0.4, 0.5) is 0 Å². The van der Waals surface area contributed by atoms with E-state index in [-0.39, 0.29) is 11.2 Å². The molecule has 0 spiro atoms. The minimum Gasteiger partial charge on any atom is -0.300 e. The Morgan fingerprint density at radius 2 is 1.65 bits per heavy atom. The number of hydrogen-bond acceptors (Lipinski definition) is 3. The largest absolute Gasteiger partial charge is 0.300 e. The zero-order valence-corrected chi connectivity index (χ0v) is 15.5. The second-order valence-electron chi connectivity index (χ2n) is 7.50. The first-order chi connectivity index (χ1) is 10.9. The third-order valence-corrected chi connectivity index (χ3v) is 8.20. The van der Waals surface area contributed by atoms with Gasteiger partial charge in [0.2, 0.25) is 10.0 Å². The average Bonchev–Trinajstić information content (AvgIpc) is 3.00. The van der Waals surface area contributed by atoms with E-state index < -0.39 is 10.0 Å². The van der Waals surface area contributed by atoms with Crippen molar-refractivity contribution in [2.75, 3.05) is 26.2 Å². The molecule has 2 aliphatic heterocycles. The van der Waals surface area contributed by atoms with Gasteiger partial charge < -0.3 is 4.90 Å². The highest BCUT2D eigenvalue weighted by Crippen LogP contribution is 2.32. The summed E-state index contributed by atoms with van der Waals surface area (Å²) < 4.78 is 28.0. The predicted octanol–water partition coefficient (Wildman–Crippen LogP) is 2.79. The Balaban J connectivity index is 1.68. The summed E-state index contributed by atoms with van der Waals surface area (Å²) in [5.41, 5.74) is 2.16. The van der Waals surface area contributed by atoms with Crippen LogP contribution in [0.5, 0.6) is 0 Å². The first-order valence-electron chi connectivity index (χ1n) is 8.99. The molecule has 0 aromatic rings. The van der Waals surface area contributed by atoms with Gasteiger partial charge in [0.1, 0.15) is 5.25 Å². The molecule has 130 valence electrons. The van der Waals surface area contributed by atoms with Gasteiger partial charge in [0.15, 0.2) is 0 Å². The molecule has 5 heteroatoms.